The van der Waals surface area contributed by atoms with Gasteiger partial charge in [0, 0.05) is 26.7 Å². The number of furan rings is 1. The van der Waals surface area contributed by atoms with Crippen LogP contribution in [0.4, 0.5) is 0 Å². The summed E-state index contributed by atoms with van der Waals surface area (Å²) in [4.78, 5) is 38.9. The molecule has 0 saturated heterocycles. The lowest BCUT2D eigenvalue weighted by Crippen LogP contribution is -2.33. The summed E-state index contributed by atoms with van der Waals surface area (Å²) in [5.41, 5.74) is -0.468. The Morgan fingerprint density at radius 3 is 2.75 bits per heavy atom. The van der Waals surface area contributed by atoms with Crippen molar-refractivity contribution in [2.24, 2.45) is 0 Å². The van der Waals surface area contributed by atoms with Gasteiger partial charge in [-0.2, -0.15) is 0 Å². The van der Waals surface area contributed by atoms with E-state index in [-0.39, 0.29) is 24.9 Å². The Morgan fingerprint density at radius 2 is 2.04 bits per heavy atom. The lowest BCUT2D eigenvalue weighted by molar-refractivity contribution is -0.122. The van der Waals surface area contributed by atoms with E-state index in [0.29, 0.717) is 29.7 Å². The number of fused-ring (bicyclic) bond motifs is 1. The fourth-order valence-electron chi connectivity index (χ4n) is 3.11. The van der Waals surface area contributed by atoms with E-state index in [2.05, 4.69) is 10.3 Å². The molecule has 148 valence electrons. The molecule has 0 radical (unpaired) electrons. The number of hydrogen-bond donors (Lipinski definition) is 2. The summed E-state index contributed by atoms with van der Waals surface area (Å²) in [6.45, 7) is 2.46. The highest BCUT2D eigenvalue weighted by atomic mass is 16.5. The van der Waals surface area contributed by atoms with Crippen molar-refractivity contribution in [2.45, 2.75) is 32.4 Å². The van der Waals surface area contributed by atoms with Gasteiger partial charge >= 0.3 is 5.69 Å². The highest BCUT2D eigenvalue weighted by Crippen LogP contribution is 2.20. The van der Waals surface area contributed by atoms with Crippen molar-refractivity contribution in [1.82, 2.24) is 14.9 Å². The largest absolute Gasteiger partial charge is 0.464 e. The minimum absolute atomic E-state index is 0.0825. The van der Waals surface area contributed by atoms with Gasteiger partial charge < -0.3 is 14.5 Å². The van der Waals surface area contributed by atoms with Crippen LogP contribution in [-0.2, 0) is 16.1 Å². The Morgan fingerprint density at radius 1 is 1.25 bits per heavy atom. The maximum atomic E-state index is 12.5. The van der Waals surface area contributed by atoms with E-state index in [4.69, 9.17) is 9.15 Å². The van der Waals surface area contributed by atoms with Crippen LogP contribution in [0.15, 0.2) is 50.4 Å². The summed E-state index contributed by atoms with van der Waals surface area (Å²) in [5.74, 6) is 1.20. The van der Waals surface area contributed by atoms with Crippen molar-refractivity contribution >= 4 is 16.8 Å². The fraction of sp³-hybridized carbons (Fsp3) is 0.350. The second-order valence-corrected chi connectivity index (χ2v) is 6.53. The van der Waals surface area contributed by atoms with Gasteiger partial charge in [0.25, 0.3) is 5.56 Å². The molecular formula is C20H23N3O5. The van der Waals surface area contributed by atoms with Crippen molar-refractivity contribution in [1.29, 1.82) is 0 Å². The predicted octanol–water partition coefficient (Wildman–Crippen LogP) is 1.88. The monoisotopic (exact) mass is 385 g/mol. The first kappa shape index (κ1) is 19.6. The van der Waals surface area contributed by atoms with Crippen LogP contribution in [-0.4, -0.2) is 29.2 Å². The molecule has 1 atom stereocenters. The summed E-state index contributed by atoms with van der Waals surface area (Å²) in [7, 11) is 1.60. The molecule has 0 aliphatic heterocycles. The molecule has 3 rings (SSSR count). The van der Waals surface area contributed by atoms with E-state index in [1.165, 1.54) is 4.57 Å². The number of hydrogen-bond acceptors (Lipinski definition) is 5. The number of methoxy groups -OCH3 is 1. The number of benzene rings is 1. The third kappa shape index (κ3) is 4.40. The second kappa shape index (κ2) is 8.71. The van der Waals surface area contributed by atoms with Gasteiger partial charge in [0.2, 0.25) is 5.91 Å². The van der Waals surface area contributed by atoms with Crippen molar-refractivity contribution in [3.05, 3.63) is 68.8 Å². The van der Waals surface area contributed by atoms with Crippen LogP contribution in [0.3, 0.4) is 0 Å². The Bertz CT molecular complexity index is 1080. The number of carbonyl (C=O) groups is 1. The van der Waals surface area contributed by atoms with E-state index in [9.17, 15) is 14.4 Å². The molecule has 8 heteroatoms. The molecule has 0 spiro atoms. The lowest BCUT2D eigenvalue weighted by Gasteiger charge is -2.17. The summed E-state index contributed by atoms with van der Waals surface area (Å²) in [6.07, 6.45) is 0.649. The van der Waals surface area contributed by atoms with E-state index >= 15 is 0 Å². The summed E-state index contributed by atoms with van der Waals surface area (Å²) >= 11 is 0. The number of rotatable bonds is 8. The van der Waals surface area contributed by atoms with Crippen LogP contribution in [0.5, 0.6) is 0 Å². The molecule has 0 saturated carbocycles. The van der Waals surface area contributed by atoms with E-state index in [1.807, 2.05) is 19.1 Å². The van der Waals surface area contributed by atoms with Crippen LogP contribution in [0.2, 0.25) is 0 Å². The third-order valence-electron chi connectivity index (χ3n) is 4.52. The first-order valence-electron chi connectivity index (χ1n) is 9.06. The van der Waals surface area contributed by atoms with Crippen molar-refractivity contribution < 1.29 is 13.9 Å². The normalized spacial score (nSPS) is 12.2. The predicted molar refractivity (Wildman–Crippen MR) is 104 cm³/mol. The molecule has 0 bridgehead atoms. The molecule has 1 amide bonds. The molecule has 3 aromatic rings. The minimum Gasteiger partial charge on any atom is -0.464 e. The number of ether oxygens (including phenoxy) is 1. The topological polar surface area (TPSA) is 106 Å². The van der Waals surface area contributed by atoms with Gasteiger partial charge in [0.05, 0.1) is 16.9 Å². The summed E-state index contributed by atoms with van der Waals surface area (Å²) < 4.78 is 12.1. The SMILES string of the molecule is COCCC(NC(=O)CCn1c(=O)[nH]c(=O)c2ccccc21)c1ccc(C)o1. The Labute approximate surface area is 161 Å². The number of amides is 1. The van der Waals surface area contributed by atoms with Gasteiger partial charge in [0.1, 0.15) is 11.5 Å². The lowest BCUT2D eigenvalue weighted by atomic mass is 10.1. The number of H-pyrrole nitrogens is 1. The molecule has 1 aromatic carbocycles. The maximum Gasteiger partial charge on any atom is 0.328 e. The zero-order chi connectivity index (χ0) is 20.1. The molecule has 0 fully saturated rings. The van der Waals surface area contributed by atoms with Crippen LogP contribution in [0.1, 0.15) is 30.4 Å². The van der Waals surface area contributed by atoms with Gasteiger partial charge in [0.15, 0.2) is 0 Å². The summed E-state index contributed by atoms with van der Waals surface area (Å²) in [6, 6.07) is 10.2. The standard InChI is InChI=1S/C20H23N3O5/c1-13-7-8-17(28-13)15(10-12-27-2)21-18(24)9-11-23-16-6-4-3-5-14(16)19(25)22-20(23)26/h3-8,15H,9-12H2,1-2H3,(H,21,24)(H,22,25,26). The van der Waals surface area contributed by atoms with Gasteiger partial charge in [-0.25, -0.2) is 4.79 Å². The van der Waals surface area contributed by atoms with Crippen molar-refractivity contribution in [2.75, 3.05) is 13.7 Å². The second-order valence-electron chi connectivity index (χ2n) is 6.53. The van der Waals surface area contributed by atoms with E-state index < -0.39 is 11.2 Å². The molecular weight excluding hydrogens is 362 g/mol. The molecule has 2 N–H and O–H groups in total. The number of nitrogens with one attached hydrogen (secondary N) is 2. The van der Waals surface area contributed by atoms with E-state index in [1.54, 1.807) is 31.4 Å². The highest BCUT2D eigenvalue weighted by molar-refractivity contribution is 5.79. The highest BCUT2D eigenvalue weighted by Gasteiger charge is 2.18. The molecule has 2 aromatic heterocycles. The Kier molecular flexibility index (Phi) is 6.10. The van der Waals surface area contributed by atoms with Gasteiger partial charge in [-0.3, -0.25) is 19.1 Å². The molecule has 8 nitrogen and oxygen atoms in total. The zero-order valence-electron chi connectivity index (χ0n) is 15.9. The van der Waals surface area contributed by atoms with Crippen LogP contribution in [0.25, 0.3) is 10.9 Å². The van der Waals surface area contributed by atoms with Crippen LogP contribution >= 0.6 is 0 Å². The average Bonchev–Trinajstić information content (AvgIpc) is 3.11. The smallest absolute Gasteiger partial charge is 0.328 e. The fourth-order valence-corrected chi connectivity index (χ4v) is 3.11. The Hall–Kier alpha value is -3.13. The zero-order valence-corrected chi connectivity index (χ0v) is 15.9. The molecule has 28 heavy (non-hydrogen) atoms. The molecule has 1 unspecified atom stereocenters. The van der Waals surface area contributed by atoms with Gasteiger partial charge in [-0.1, -0.05) is 12.1 Å². The molecule has 0 aliphatic rings. The number of aryl methyl sites for hydroxylation is 2. The van der Waals surface area contributed by atoms with Crippen LogP contribution in [0, 0.1) is 6.92 Å². The number of para-hydroxylation sites is 1. The third-order valence-corrected chi connectivity index (χ3v) is 4.52. The molecule has 0 aliphatic carbocycles. The average molecular weight is 385 g/mol. The van der Waals surface area contributed by atoms with Crippen LogP contribution < -0.4 is 16.6 Å². The van der Waals surface area contributed by atoms with Crippen molar-refractivity contribution in [3.8, 4) is 0 Å². The number of aromatic amines is 1. The molecule has 2 heterocycles. The first-order chi connectivity index (χ1) is 13.5. The maximum absolute atomic E-state index is 12.5. The van der Waals surface area contributed by atoms with Crippen molar-refractivity contribution in [3.63, 3.8) is 0 Å². The van der Waals surface area contributed by atoms with E-state index in [0.717, 1.165) is 5.76 Å². The number of nitrogens with zero attached hydrogens (tertiary/aromatic N) is 1. The number of aromatic nitrogens is 2. The first-order valence-corrected chi connectivity index (χ1v) is 9.06. The quantitative estimate of drug-likeness (QED) is 0.616. The minimum atomic E-state index is -0.533. The van der Waals surface area contributed by atoms with Gasteiger partial charge in [-0.05, 0) is 37.6 Å². The summed E-state index contributed by atoms with van der Waals surface area (Å²) in [5, 5.41) is 3.34. The Balaban J connectivity index is 1.74. The number of carbonyl (C=O) groups excluding carboxylic acids is 1. The van der Waals surface area contributed by atoms with Gasteiger partial charge in [-0.15, -0.1) is 0 Å².